The number of nitrogens with one attached hydrogen (secondary N) is 1. The Balaban J connectivity index is 1.12. The van der Waals surface area contributed by atoms with Gasteiger partial charge in [-0.05, 0) is 107 Å². The number of rotatable bonds is 17. The molecule has 3 fully saturated rings. The number of hydrogen-bond acceptors (Lipinski definition) is 12. The molecule has 14 nitrogen and oxygen atoms in total. The molecule has 1 aliphatic carbocycles. The molecular formula is C44H61N3O11S2. The predicted molar refractivity (Wildman–Crippen MR) is 227 cm³/mol. The van der Waals surface area contributed by atoms with Crippen LogP contribution in [0.3, 0.4) is 0 Å². The van der Waals surface area contributed by atoms with Crippen LogP contribution in [0, 0.1) is 0 Å². The minimum absolute atomic E-state index is 0.0307. The van der Waals surface area contributed by atoms with E-state index in [4.69, 9.17) is 18.9 Å². The predicted octanol–water partition coefficient (Wildman–Crippen LogP) is 5.54. The summed E-state index contributed by atoms with van der Waals surface area (Å²) >= 11 is 0. The highest BCUT2D eigenvalue weighted by Gasteiger charge is 2.54. The molecule has 0 aromatic heterocycles. The van der Waals surface area contributed by atoms with Crippen LogP contribution in [0.4, 0.5) is 4.79 Å². The highest BCUT2D eigenvalue weighted by atomic mass is 32.2. The van der Waals surface area contributed by atoms with Gasteiger partial charge < -0.3 is 39.4 Å². The van der Waals surface area contributed by atoms with Crippen LogP contribution in [0.25, 0.3) is 11.1 Å². The number of piperidine rings is 1. The van der Waals surface area contributed by atoms with E-state index >= 15 is 0 Å². The lowest BCUT2D eigenvalue weighted by Gasteiger charge is -2.38. The molecule has 1 spiro atoms. The number of aliphatic hydroxyl groups excluding tert-OH is 2. The number of sulfonamides is 1. The first kappa shape index (κ1) is 45.7. The van der Waals surface area contributed by atoms with Gasteiger partial charge in [0.25, 0.3) is 0 Å². The topological polar surface area (TPSA) is 181 Å². The highest BCUT2D eigenvalue weighted by Crippen LogP contribution is 2.47. The standard InChI is InChI=1S/C44H61N3O11S2/c1-7-55-39-16-15-34(33-13-11-32(12-14-33)26-45-31(2)3)23-40(39)60(53,54)46-21-19-43(20-22-46)25-35(28-57-43)47(41(50)58-42(4,5)6)27-36(49)29-56-37-9-8-10-38(24-37)59(51,52)44(30-48)17-18-44/h8-16,23-24,31,35-36,45,48-49H,7,17-22,25-30H2,1-6H3/t35-,36+/m1/s1. The van der Waals surface area contributed by atoms with Gasteiger partial charge in [0, 0.05) is 25.7 Å². The fourth-order valence-corrected chi connectivity index (χ4v) is 11.2. The minimum atomic E-state index is -3.98. The van der Waals surface area contributed by atoms with Crippen molar-refractivity contribution in [3.63, 3.8) is 0 Å². The van der Waals surface area contributed by atoms with Crippen molar-refractivity contribution in [2.45, 2.75) is 124 Å². The molecule has 16 heteroatoms. The van der Waals surface area contributed by atoms with Gasteiger partial charge in [-0.1, -0.05) is 50.2 Å². The molecule has 2 aliphatic heterocycles. The van der Waals surface area contributed by atoms with Crippen LogP contribution in [0.15, 0.2) is 76.5 Å². The summed E-state index contributed by atoms with van der Waals surface area (Å²) in [6, 6.07) is 19.2. The molecule has 2 heterocycles. The molecule has 330 valence electrons. The van der Waals surface area contributed by atoms with Crippen molar-refractivity contribution in [3.8, 4) is 22.6 Å². The third-order valence-electron chi connectivity index (χ3n) is 11.4. The quantitative estimate of drug-likeness (QED) is 0.155. The van der Waals surface area contributed by atoms with E-state index in [2.05, 4.69) is 19.2 Å². The molecule has 0 unspecified atom stereocenters. The Hall–Kier alpha value is -3.77. The fourth-order valence-electron chi connectivity index (χ4n) is 7.74. The molecule has 60 heavy (non-hydrogen) atoms. The van der Waals surface area contributed by atoms with Crippen molar-refractivity contribution >= 4 is 26.0 Å². The number of sulfone groups is 1. The molecular weight excluding hydrogens is 811 g/mol. The van der Waals surface area contributed by atoms with Gasteiger partial charge in [0.1, 0.15) is 34.7 Å². The number of carbonyl (C=O) groups excluding carboxylic acids is 1. The Kier molecular flexibility index (Phi) is 13.9. The summed E-state index contributed by atoms with van der Waals surface area (Å²) in [5.41, 5.74) is 1.26. The number of ether oxygens (including phenoxy) is 4. The van der Waals surface area contributed by atoms with Crippen molar-refractivity contribution < 1.29 is 50.8 Å². The lowest BCUT2D eigenvalue weighted by molar-refractivity contribution is -0.0329. The molecule has 3 N–H and O–H groups in total. The second-order valence-electron chi connectivity index (χ2n) is 17.5. The summed E-state index contributed by atoms with van der Waals surface area (Å²) in [6.07, 6.45) is 0.148. The fraction of sp³-hybridized carbons (Fsp3) is 0.568. The third-order valence-corrected chi connectivity index (χ3v) is 15.9. The highest BCUT2D eigenvalue weighted by molar-refractivity contribution is 7.93. The van der Waals surface area contributed by atoms with E-state index in [-0.39, 0.29) is 54.1 Å². The molecule has 3 aromatic carbocycles. The van der Waals surface area contributed by atoms with E-state index in [9.17, 15) is 31.8 Å². The first-order chi connectivity index (χ1) is 28.3. The van der Waals surface area contributed by atoms with E-state index in [0.29, 0.717) is 44.8 Å². The lowest BCUT2D eigenvalue weighted by atomic mass is 9.88. The van der Waals surface area contributed by atoms with Gasteiger partial charge >= 0.3 is 6.09 Å². The Labute approximate surface area is 355 Å². The minimum Gasteiger partial charge on any atom is -0.492 e. The molecule has 6 rings (SSSR count). The zero-order chi connectivity index (χ0) is 43.5. The molecule has 1 saturated carbocycles. The van der Waals surface area contributed by atoms with Crippen LogP contribution in [0.2, 0.25) is 0 Å². The van der Waals surface area contributed by atoms with Crippen LogP contribution < -0.4 is 14.8 Å². The van der Waals surface area contributed by atoms with Crippen molar-refractivity contribution in [1.29, 1.82) is 0 Å². The zero-order valence-corrected chi connectivity index (χ0v) is 37.2. The number of amides is 1. The van der Waals surface area contributed by atoms with Crippen molar-refractivity contribution in [1.82, 2.24) is 14.5 Å². The van der Waals surface area contributed by atoms with Gasteiger partial charge in [-0.2, -0.15) is 4.31 Å². The van der Waals surface area contributed by atoms with E-state index in [1.165, 1.54) is 21.3 Å². The van der Waals surface area contributed by atoms with Crippen LogP contribution in [0.5, 0.6) is 11.5 Å². The van der Waals surface area contributed by atoms with Crippen molar-refractivity contribution in [2.75, 3.05) is 46.1 Å². The van der Waals surface area contributed by atoms with Gasteiger partial charge in [-0.15, -0.1) is 0 Å². The molecule has 2 saturated heterocycles. The van der Waals surface area contributed by atoms with Crippen LogP contribution in [-0.4, -0.2) is 123 Å². The Bertz CT molecular complexity index is 2180. The first-order valence-electron chi connectivity index (χ1n) is 20.8. The SMILES string of the molecule is CCOc1ccc(-c2ccc(CNC(C)C)cc2)cc1S(=O)(=O)N1CCC2(CC1)C[C@@H](N(C[C@H](O)COc1cccc(S(=O)(=O)C3(CO)CC3)c1)C(=O)OC(C)(C)C)CO2. The Morgan fingerprint density at radius 3 is 2.27 bits per heavy atom. The summed E-state index contributed by atoms with van der Waals surface area (Å²) in [5, 5.41) is 24.3. The maximum absolute atomic E-state index is 14.3. The molecule has 3 aliphatic rings. The van der Waals surface area contributed by atoms with E-state index in [1.54, 1.807) is 45.0 Å². The normalized spacial score (nSPS) is 19.6. The van der Waals surface area contributed by atoms with E-state index < -0.39 is 60.7 Å². The summed E-state index contributed by atoms with van der Waals surface area (Å²) in [4.78, 5) is 15.2. The Morgan fingerprint density at radius 2 is 1.65 bits per heavy atom. The Morgan fingerprint density at radius 1 is 0.967 bits per heavy atom. The maximum Gasteiger partial charge on any atom is 0.410 e. The summed E-state index contributed by atoms with van der Waals surface area (Å²) < 4.78 is 79.1. The summed E-state index contributed by atoms with van der Waals surface area (Å²) in [5.74, 6) is 0.514. The second-order valence-corrected chi connectivity index (χ2v) is 21.8. The van der Waals surface area contributed by atoms with Gasteiger partial charge in [0.05, 0.1) is 47.7 Å². The monoisotopic (exact) mass is 871 g/mol. The second kappa shape index (κ2) is 18.3. The number of carbonyl (C=O) groups is 1. The summed E-state index contributed by atoms with van der Waals surface area (Å²) in [6.45, 7) is 12.0. The van der Waals surface area contributed by atoms with Crippen LogP contribution in [-0.2, 0) is 35.9 Å². The van der Waals surface area contributed by atoms with E-state index in [0.717, 1.165) is 23.2 Å². The number of hydrogen-bond donors (Lipinski definition) is 3. The molecule has 0 bridgehead atoms. The number of aliphatic hydroxyl groups is 2. The number of nitrogens with zero attached hydrogens (tertiary/aromatic N) is 2. The van der Waals surface area contributed by atoms with Crippen LogP contribution >= 0.6 is 0 Å². The molecule has 3 aromatic rings. The average Bonchev–Trinajstić information content (AvgIpc) is 3.93. The van der Waals surface area contributed by atoms with Gasteiger partial charge in [-0.3, -0.25) is 0 Å². The van der Waals surface area contributed by atoms with E-state index in [1.807, 2.05) is 37.3 Å². The van der Waals surface area contributed by atoms with Crippen LogP contribution in [0.1, 0.15) is 79.2 Å². The lowest BCUT2D eigenvalue weighted by Crippen LogP contribution is -2.50. The van der Waals surface area contributed by atoms with Gasteiger partial charge in [0.15, 0.2) is 9.84 Å². The first-order valence-corrected chi connectivity index (χ1v) is 23.7. The zero-order valence-electron chi connectivity index (χ0n) is 35.6. The summed E-state index contributed by atoms with van der Waals surface area (Å²) in [7, 11) is -7.75. The van der Waals surface area contributed by atoms with Crippen molar-refractivity contribution in [3.05, 3.63) is 72.3 Å². The molecule has 1 amide bonds. The maximum atomic E-state index is 14.3. The molecule has 2 atom stereocenters. The molecule has 0 radical (unpaired) electrons. The number of benzene rings is 3. The van der Waals surface area contributed by atoms with Crippen molar-refractivity contribution in [2.24, 2.45) is 0 Å². The third kappa shape index (κ3) is 10.5. The average molecular weight is 872 g/mol. The largest absolute Gasteiger partial charge is 0.492 e. The van der Waals surface area contributed by atoms with Gasteiger partial charge in [-0.25, -0.2) is 21.6 Å². The smallest absolute Gasteiger partial charge is 0.410 e. The van der Waals surface area contributed by atoms with Gasteiger partial charge in [0.2, 0.25) is 10.0 Å².